The van der Waals surface area contributed by atoms with Gasteiger partial charge in [-0.15, -0.1) is 0 Å². The molecule has 4 fully saturated rings. The Labute approximate surface area is 156 Å². The highest BCUT2D eigenvalue weighted by molar-refractivity contribution is 5.84. The molecule has 8 rings (SSSR count). The van der Waals surface area contributed by atoms with Crippen LogP contribution in [0.2, 0.25) is 0 Å². The molecule has 8 aliphatic rings. The molecule has 26 heavy (non-hydrogen) atoms. The quantitative estimate of drug-likeness (QED) is 0.429. The third-order valence-electron chi connectivity index (χ3n) is 10.7. The Hall–Kier alpha value is -1.30. The van der Waals surface area contributed by atoms with Gasteiger partial charge in [-0.1, -0.05) is 37.1 Å². The molecule has 0 N–H and O–H groups in total. The van der Waals surface area contributed by atoms with Crippen LogP contribution in [0.4, 0.5) is 0 Å². The molecule has 0 amide bonds. The zero-order valence-corrected chi connectivity index (χ0v) is 15.9. The van der Waals surface area contributed by atoms with E-state index in [-0.39, 0.29) is 0 Å². The van der Waals surface area contributed by atoms with Crippen molar-refractivity contribution in [3.63, 3.8) is 0 Å². The summed E-state index contributed by atoms with van der Waals surface area (Å²) in [6.07, 6.45) is 16.8. The fourth-order valence-electron chi connectivity index (χ4n) is 10.3. The van der Waals surface area contributed by atoms with Gasteiger partial charge in [-0.2, -0.15) is 0 Å². The minimum absolute atomic E-state index is 0.411. The number of hydrogen-bond acceptors (Lipinski definition) is 0. The van der Waals surface area contributed by atoms with Crippen LogP contribution >= 0.6 is 0 Å². The van der Waals surface area contributed by atoms with Gasteiger partial charge in [0.1, 0.15) is 0 Å². The molecular weight excluding hydrogens is 312 g/mol. The van der Waals surface area contributed by atoms with E-state index in [1.54, 1.807) is 22.3 Å². The van der Waals surface area contributed by atoms with Gasteiger partial charge in [0.05, 0.1) is 0 Å². The minimum atomic E-state index is 0.411. The number of rotatable bonds is 0. The van der Waals surface area contributed by atoms with Crippen LogP contribution in [0.5, 0.6) is 0 Å². The second kappa shape index (κ2) is 3.54. The lowest BCUT2D eigenvalue weighted by Crippen LogP contribution is -2.06. The molecule has 0 aromatic heterocycles. The first-order chi connectivity index (χ1) is 12.7. The van der Waals surface area contributed by atoms with Crippen molar-refractivity contribution in [3.05, 3.63) is 57.7 Å². The highest BCUT2D eigenvalue weighted by Gasteiger charge is 2.89. The van der Waals surface area contributed by atoms with Gasteiger partial charge >= 0.3 is 0 Å². The maximum Gasteiger partial charge on any atom is 0.0302 e. The second-order valence-corrected chi connectivity index (χ2v) is 10.7. The molecule has 0 saturated heterocycles. The maximum absolute atomic E-state index is 4.75. The topological polar surface area (TPSA) is 0 Å². The van der Waals surface area contributed by atoms with Crippen LogP contribution in [0.15, 0.2) is 57.7 Å². The molecule has 0 radical (unpaired) electrons. The van der Waals surface area contributed by atoms with Crippen LogP contribution in [0.25, 0.3) is 0 Å². The van der Waals surface area contributed by atoms with Crippen molar-refractivity contribution in [1.82, 2.24) is 0 Å². The Morgan fingerprint density at radius 2 is 0.923 bits per heavy atom. The van der Waals surface area contributed by atoms with Gasteiger partial charge in [0, 0.05) is 21.7 Å². The van der Waals surface area contributed by atoms with Crippen LogP contribution in [0.1, 0.15) is 77.0 Å². The van der Waals surface area contributed by atoms with Crippen LogP contribution in [0, 0.1) is 21.7 Å². The molecule has 4 atom stereocenters. The molecule has 0 heteroatoms. The SMILES string of the molecule is C=C1C2=C(CCC2)C23CCCC12C3=C1C23CCCC12C1=C(CCC1)C3=C. The van der Waals surface area contributed by atoms with Crippen LogP contribution in [-0.4, -0.2) is 0 Å². The summed E-state index contributed by atoms with van der Waals surface area (Å²) >= 11 is 0. The zero-order chi connectivity index (χ0) is 17.1. The lowest BCUT2D eigenvalue weighted by Gasteiger charge is -2.20. The highest BCUT2D eigenvalue weighted by atomic mass is 14.9. The molecule has 4 saturated carbocycles. The van der Waals surface area contributed by atoms with E-state index in [1.165, 1.54) is 77.0 Å². The van der Waals surface area contributed by atoms with E-state index in [0.717, 1.165) is 0 Å². The molecule has 0 nitrogen and oxygen atoms in total. The Morgan fingerprint density at radius 1 is 0.500 bits per heavy atom. The molecule has 0 bridgehead atoms. The van der Waals surface area contributed by atoms with E-state index in [0.29, 0.717) is 21.7 Å². The Balaban J connectivity index is 1.43. The van der Waals surface area contributed by atoms with Crippen LogP contribution < -0.4 is 0 Å². The first-order valence-corrected chi connectivity index (χ1v) is 11.3. The van der Waals surface area contributed by atoms with E-state index in [9.17, 15) is 0 Å². The summed E-state index contributed by atoms with van der Waals surface area (Å²) in [5.41, 5.74) is 16.1. The molecule has 0 heterocycles. The van der Waals surface area contributed by atoms with Crippen LogP contribution in [-0.2, 0) is 0 Å². The van der Waals surface area contributed by atoms with Gasteiger partial charge in [-0.3, -0.25) is 0 Å². The predicted octanol–water partition coefficient (Wildman–Crippen LogP) is 6.72. The van der Waals surface area contributed by atoms with Gasteiger partial charge in [0.25, 0.3) is 0 Å². The van der Waals surface area contributed by atoms with E-state index in [1.807, 2.05) is 22.3 Å². The normalized spacial score (nSPS) is 54.6. The first-order valence-electron chi connectivity index (χ1n) is 11.3. The summed E-state index contributed by atoms with van der Waals surface area (Å²) < 4.78 is 0. The van der Waals surface area contributed by atoms with Gasteiger partial charge < -0.3 is 0 Å². The monoisotopic (exact) mass is 340 g/mol. The average Bonchev–Trinajstić information content (AvgIpc) is 3.20. The van der Waals surface area contributed by atoms with E-state index in [4.69, 9.17) is 13.2 Å². The van der Waals surface area contributed by atoms with Crippen molar-refractivity contribution in [1.29, 1.82) is 0 Å². The van der Waals surface area contributed by atoms with Gasteiger partial charge in [0.15, 0.2) is 0 Å². The Kier molecular flexibility index (Phi) is 1.88. The second-order valence-electron chi connectivity index (χ2n) is 10.7. The molecule has 0 aromatic carbocycles. The molecule has 132 valence electrons. The summed E-state index contributed by atoms with van der Waals surface area (Å²) in [4.78, 5) is 0. The van der Waals surface area contributed by atoms with Crippen molar-refractivity contribution in [3.8, 4) is 0 Å². The third kappa shape index (κ3) is 0.905. The molecule has 0 spiro atoms. The lowest BCUT2D eigenvalue weighted by atomic mass is 9.84. The summed E-state index contributed by atoms with van der Waals surface area (Å²) in [6, 6.07) is 0. The van der Waals surface area contributed by atoms with Gasteiger partial charge in [0.2, 0.25) is 0 Å². The van der Waals surface area contributed by atoms with E-state index >= 15 is 0 Å². The largest absolute Gasteiger partial charge is 0.0946 e. The summed E-state index contributed by atoms with van der Waals surface area (Å²) in [5, 5.41) is 0. The fourth-order valence-corrected chi connectivity index (χ4v) is 10.3. The van der Waals surface area contributed by atoms with E-state index in [2.05, 4.69) is 0 Å². The van der Waals surface area contributed by atoms with Crippen molar-refractivity contribution in [2.24, 2.45) is 21.7 Å². The zero-order valence-electron chi connectivity index (χ0n) is 15.9. The standard InChI is InChI=1S/C26H28/c1-15-17-7-3-9-19(17)25-13-5-11-23(15,25)21(25)22-24-12-6-14-26(22,24)20-10-4-8-18(20)16(24)2/h1-14H2. The van der Waals surface area contributed by atoms with Crippen molar-refractivity contribution in [2.75, 3.05) is 0 Å². The number of hydrogen-bond donors (Lipinski definition) is 0. The smallest absolute Gasteiger partial charge is 0.0302 e. The molecule has 0 aromatic rings. The Morgan fingerprint density at radius 3 is 1.38 bits per heavy atom. The lowest BCUT2D eigenvalue weighted by molar-refractivity contribution is 0.521. The number of allylic oxidation sites excluding steroid dienone is 8. The summed E-state index contributed by atoms with van der Waals surface area (Å²) in [6.45, 7) is 9.50. The van der Waals surface area contributed by atoms with Gasteiger partial charge in [-0.25, -0.2) is 0 Å². The first kappa shape index (κ1) is 13.8. The van der Waals surface area contributed by atoms with Gasteiger partial charge in [-0.05, 0) is 97.6 Å². The average molecular weight is 341 g/mol. The van der Waals surface area contributed by atoms with Crippen molar-refractivity contribution >= 4 is 0 Å². The summed E-state index contributed by atoms with van der Waals surface area (Å²) in [7, 11) is 0. The van der Waals surface area contributed by atoms with E-state index < -0.39 is 0 Å². The van der Waals surface area contributed by atoms with Crippen LogP contribution in [0.3, 0.4) is 0 Å². The maximum atomic E-state index is 4.75. The fraction of sp³-hybridized carbons (Fsp3) is 0.615. The highest BCUT2D eigenvalue weighted by Crippen LogP contribution is 2.98. The molecule has 4 unspecified atom stereocenters. The van der Waals surface area contributed by atoms with Crippen molar-refractivity contribution in [2.45, 2.75) is 77.0 Å². The summed E-state index contributed by atoms with van der Waals surface area (Å²) in [5.74, 6) is 0. The predicted molar refractivity (Wildman–Crippen MR) is 104 cm³/mol. The molecule has 0 aliphatic heterocycles. The molecule has 8 aliphatic carbocycles. The minimum Gasteiger partial charge on any atom is -0.0946 e. The van der Waals surface area contributed by atoms with Crippen molar-refractivity contribution < 1.29 is 0 Å². The third-order valence-corrected chi connectivity index (χ3v) is 10.7. The molecular formula is C26H28. The Bertz CT molecular complexity index is 915.